The van der Waals surface area contributed by atoms with Crippen LogP contribution in [-0.2, 0) is 19.9 Å². The molecule has 0 atom stereocenters. The molecule has 0 radical (unpaired) electrons. The Morgan fingerprint density at radius 3 is 2.54 bits per heavy atom. The van der Waals surface area contributed by atoms with Crippen LogP contribution in [0.25, 0.3) is 11.0 Å². The SMILES string of the molecule is Cn1c(CCc2ccccc2)nc2cc(NC(=O)c3ccccc3Br)ccc21. The molecule has 0 aliphatic rings. The first-order chi connectivity index (χ1) is 13.6. The van der Waals surface area contributed by atoms with Gasteiger partial charge in [0.1, 0.15) is 5.82 Å². The molecule has 4 nitrogen and oxygen atoms in total. The lowest BCUT2D eigenvalue weighted by Crippen LogP contribution is -2.12. The smallest absolute Gasteiger partial charge is 0.256 e. The first kappa shape index (κ1) is 18.4. The number of fused-ring (bicyclic) bond motifs is 1. The van der Waals surface area contributed by atoms with Crippen molar-refractivity contribution in [3.05, 3.63) is 94.2 Å². The Hall–Kier alpha value is -2.92. The molecule has 0 unspecified atom stereocenters. The van der Waals surface area contributed by atoms with E-state index < -0.39 is 0 Å². The molecule has 140 valence electrons. The van der Waals surface area contributed by atoms with E-state index in [4.69, 9.17) is 4.98 Å². The van der Waals surface area contributed by atoms with E-state index in [9.17, 15) is 4.79 Å². The van der Waals surface area contributed by atoms with Gasteiger partial charge in [0.25, 0.3) is 5.91 Å². The third kappa shape index (κ3) is 3.85. The molecule has 1 heterocycles. The fraction of sp³-hybridized carbons (Fsp3) is 0.130. The second-order valence-corrected chi connectivity index (χ2v) is 7.56. The molecule has 1 N–H and O–H groups in total. The zero-order chi connectivity index (χ0) is 19.5. The highest BCUT2D eigenvalue weighted by Crippen LogP contribution is 2.22. The maximum atomic E-state index is 12.5. The number of amides is 1. The fourth-order valence-electron chi connectivity index (χ4n) is 3.30. The van der Waals surface area contributed by atoms with Crippen LogP contribution in [0.1, 0.15) is 21.7 Å². The van der Waals surface area contributed by atoms with Gasteiger partial charge in [-0.3, -0.25) is 4.79 Å². The first-order valence-corrected chi connectivity index (χ1v) is 9.96. The number of nitrogens with one attached hydrogen (secondary N) is 1. The number of aromatic nitrogens is 2. The number of nitrogens with zero attached hydrogens (tertiary/aromatic N) is 2. The number of carbonyl (C=O) groups excluding carboxylic acids is 1. The second-order valence-electron chi connectivity index (χ2n) is 6.71. The van der Waals surface area contributed by atoms with Crippen LogP contribution in [0.15, 0.2) is 77.3 Å². The number of carbonyl (C=O) groups is 1. The maximum Gasteiger partial charge on any atom is 0.256 e. The lowest BCUT2D eigenvalue weighted by molar-refractivity contribution is 0.102. The molecule has 0 saturated carbocycles. The van der Waals surface area contributed by atoms with Gasteiger partial charge in [-0.05, 0) is 58.2 Å². The first-order valence-electron chi connectivity index (χ1n) is 9.17. The van der Waals surface area contributed by atoms with Crippen LogP contribution in [0.2, 0.25) is 0 Å². The van der Waals surface area contributed by atoms with Gasteiger partial charge < -0.3 is 9.88 Å². The lowest BCUT2D eigenvalue weighted by atomic mass is 10.1. The van der Waals surface area contributed by atoms with Crippen LogP contribution >= 0.6 is 15.9 Å². The number of aryl methyl sites for hydroxylation is 3. The van der Waals surface area contributed by atoms with Crippen molar-refractivity contribution < 1.29 is 4.79 Å². The molecule has 1 aromatic heterocycles. The molecule has 0 aliphatic carbocycles. The zero-order valence-corrected chi connectivity index (χ0v) is 17.1. The molecule has 0 aliphatic heterocycles. The van der Waals surface area contributed by atoms with Crippen molar-refractivity contribution in [3.8, 4) is 0 Å². The van der Waals surface area contributed by atoms with Crippen molar-refractivity contribution in [3.63, 3.8) is 0 Å². The molecule has 1 amide bonds. The molecule has 4 aromatic rings. The Morgan fingerprint density at radius 1 is 1.00 bits per heavy atom. The summed E-state index contributed by atoms with van der Waals surface area (Å²) in [5.74, 6) is 0.889. The molecule has 28 heavy (non-hydrogen) atoms. The van der Waals surface area contributed by atoms with Crippen molar-refractivity contribution in [2.45, 2.75) is 12.8 Å². The predicted molar refractivity (Wildman–Crippen MR) is 117 cm³/mol. The van der Waals surface area contributed by atoms with E-state index in [0.29, 0.717) is 5.56 Å². The Bertz CT molecular complexity index is 1140. The minimum Gasteiger partial charge on any atom is -0.331 e. The van der Waals surface area contributed by atoms with Gasteiger partial charge in [-0.15, -0.1) is 0 Å². The van der Waals surface area contributed by atoms with Gasteiger partial charge in [-0.1, -0.05) is 42.5 Å². The van der Waals surface area contributed by atoms with Gasteiger partial charge in [0.2, 0.25) is 0 Å². The molecular weight excluding hydrogens is 414 g/mol. The highest BCUT2D eigenvalue weighted by molar-refractivity contribution is 9.10. The molecule has 0 spiro atoms. The minimum atomic E-state index is -0.146. The van der Waals surface area contributed by atoms with Crippen molar-refractivity contribution >= 4 is 38.6 Å². The highest BCUT2D eigenvalue weighted by Gasteiger charge is 2.12. The molecule has 0 bridgehead atoms. The van der Waals surface area contributed by atoms with Gasteiger partial charge in [0.15, 0.2) is 0 Å². The fourth-order valence-corrected chi connectivity index (χ4v) is 3.76. The summed E-state index contributed by atoms with van der Waals surface area (Å²) in [6, 6.07) is 23.7. The van der Waals surface area contributed by atoms with Gasteiger partial charge >= 0.3 is 0 Å². The van der Waals surface area contributed by atoms with Crippen LogP contribution in [-0.4, -0.2) is 15.5 Å². The quantitative estimate of drug-likeness (QED) is 0.459. The molecule has 0 fully saturated rings. The lowest BCUT2D eigenvalue weighted by Gasteiger charge is -2.07. The van der Waals surface area contributed by atoms with Crippen molar-refractivity contribution in [1.29, 1.82) is 0 Å². The van der Waals surface area contributed by atoms with Crippen LogP contribution in [0.5, 0.6) is 0 Å². The Kier molecular flexibility index (Phi) is 5.26. The number of halogens is 1. The Morgan fingerprint density at radius 2 is 1.75 bits per heavy atom. The topological polar surface area (TPSA) is 46.9 Å². The Labute approximate surface area is 172 Å². The van der Waals surface area contributed by atoms with E-state index in [0.717, 1.165) is 39.9 Å². The number of benzene rings is 3. The summed E-state index contributed by atoms with van der Waals surface area (Å²) in [5, 5.41) is 2.96. The zero-order valence-electron chi connectivity index (χ0n) is 15.5. The van der Waals surface area contributed by atoms with Crippen LogP contribution < -0.4 is 5.32 Å². The maximum absolute atomic E-state index is 12.5. The van der Waals surface area contributed by atoms with E-state index in [1.54, 1.807) is 6.07 Å². The summed E-state index contributed by atoms with van der Waals surface area (Å²) in [5.41, 5.74) is 4.58. The van der Waals surface area contributed by atoms with E-state index in [-0.39, 0.29) is 5.91 Å². The van der Waals surface area contributed by atoms with Crippen molar-refractivity contribution in [2.24, 2.45) is 7.05 Å². The van der Waals surface area contributed by atoms with Crippen LogP contribution in [0.3, 0.4) is 0 Å². The van der Waals surface area contributed by atoms with E-state index >= 15 is 0 Å². The molecule has 5 heteroatoms. The average molecular weight is 434 g/mol. The third-order valence-corrected chi connectivity index (χ3v) is 5.52. The molecular formula is C23H20BrN3O. The number of hydrogen-bond acceptors (Lipinski definition) is 2. The van der Waals surface area contributed by atoms with E-state index in [1.807, 2.05) is 49.5 Å². The van der Waals surface area contributed by atoms with E-state index in [2.05, 4.69) is 50.1 Å². The minimum absolute atomic E-state index is 0.146. The largest absolute Gasteiger partial charge is 0.331 e. The summed E-state index contributed by atoms with van der Waals surface area (Å²) < 4.78 is 2.90. The summed E-state index contributed by atoms with van der Waals surface area (Å²) in [7, 11) is 2.04. The number of imidazole rings is 1. The monoisotopic (exact) mass is 433 g/mol. The predicted octanol–water partition coefficient (Wildman–Crippen LogP) is 5.37. The van der Waals surface area contributed by atoms with Crippen molar-refractivity contribution in [2.75, 3.05) is 5.32 Å². The van der Waals surface area contributed by atoms with Gasteiger partial charge in [0, 0.05) is 23.6 Å². The number of hydrogen-bond donors (Lipinski definition) is 1. The highest BCUT2D eigenvalue weighted by atomic mass is 79.9. The van der Waals surface area contributed by atoms with Crippen LogP contribution in [0.4, 0.5) is 5.69 Å². The summed E-state index contributed by atoms with van der Waals surface area (Å²) in [4.78, 5) is 17.3. The summed E-state index contributed by atoms with van der Waals surface area (Å²) >= 11 is 3.42. The standard InChI is InChI=1S/C23H20BrN3O/c1-27-21-13-12-17(25-23(28)18-9-5-6-10-19(18)24)15-20(21)26-22(27)14-11-16-7-3-2-4-8-16/h2-10,12-13,15H,11,14H2,1H3,(H,25,28). The second kappa shape index (κ2) is 7.98. The number of rotatable bonds is 5. The molecule has 4 rings (SSSR count). The van der Waals surface area contributed by atoms with Gasteiger partial charge in [0.05, 0.1) is 16.6 Å². The third-order valence-electron chi connectivity index (χ3n) is 4.83. The number of anilines is 1. The van der Waals surface area contributed by atoms with Gasteiger partial charge in [-0.25, -0.2) is 4.98 Å². The molecule has 3 aromatic carbocycles. The van der Waals surface area contributed by atoms with Gasteiger partial charge in [-0.2, -0.15) is 0 Å². The van der Waals surface area contributed by atoms with Crippen LogP contribution in [0, 0.1) is 0 Å². The molecule has 0 saturated heterocycles. The summed E-state index contributed by atoms with van der Waals surface area (Å²) in [6.07, 6.45) is 1.82. The summed E-state index contributed by atoms with van der Waals surface area (Å²) in [6.45, 7) is 0. The van der Waals surface area contributed by atoms with Crippen molar-refractivity contribution in [1.82, 2.24) is 9.55 Å². The normalized spacial score (nSPS) is 10.9. The van der Waals surface area contributed by atoms with E-state index in [1.165, 1.54) is 5.56 Å². The average Bonchev–Trinajstić information content (AvgIpc) is 3.02. The Balaban J connectivity index is 1.54.